The molecule has 0 atom stereocenters. The van der Waals surface area contributed by atoms with Gasteiger partial charge >= 0.3 is 0 Å². The molecule has 2 N–H and O–H groups in total. The van der Waals surface area contributed by atoms with Crippen LogP contribution in [0.5, 0.6) is 0 Å². The zero-order valence-electron chi connectivity index (χ0n) is 10.5. The Morgan fingerprint density at radius 1 is 1.30 bits per heavy atom. The molecule has 0 radical (unpaired) electrons. The molecule has 0 saturated carbocycles. The molecular formula is C14H13ClN4O. The van der Waals surface area contributed by atoms with E-state index in [9.17, 15) is 4.79 Å². The predicted octanol–water partition coefficient (Wildman–Crippen LogP) is 2.31. The molecule has 3 aromatic rings. The monoisotopic (exact) mass is 288 g/mol. The molecule has 0 unspecified atom stereocenters. The van der Waals surface area contributed by atoms with Crippen LogP contribution in [-0.4, -0.2) is 20.9 Å². The van der Waals surface area contributed by atoms with Crippen molar-refractivity contribution in [2.24, 2.45) is 0 Å². The summed E-state index contributed by atoms with van der Waals surface area (Å²) in [6.07, 6.45) is 4.85. The summed E-state index contributed by atoms with van der Waals surface area (Å²) in [6.45, 7) is 0.475. The zero-order chi connectivity index (χ0) is 13.1. The predicted molar refractivity (Wildman–Crippen MR) is 78.7 cm³/mol. The Kier molecular flexibility index (Phi) is 4.32. The van der Waals surface area contributed by atoms with Crippen LogP contribution in [0.15, 0.2) is 49.1 Å². The highest BCUT2D eigenvalue weighted by Gasteiger charge is 2.05. The van der Waals surface area contributed by atoms with E-state index in [1.807, 2.05) is 18.2 Å². The first kappa shape index (κ1) is 14.0. The molecule has 102 valence electrons. The third-order valence-electron chi connectivity index (χ3n) is 2.86. The molecule has 1 aromatic carbocycles. The summed E-state index contributed by atoms with van der Waals surface area (Å²) in [5, 5.41) is 2.86. The van der Waals surface area contributed by atoms with Gasteiger partial charge in [0.2, 0.25) is 0 Å². The van der Waals surface area contributed by atoms with Crippen molar-refractivity contribution in [1.82, 2.24) is 20.3 Å². The van der Waals surface area contributed by atoms with Crippen LogP contribution in [0.3, 0.4) is 0 Å². The number of fused-ring (bicyclic) bond motifs is 1. The molecule has 2 aromatic heterocycles. The van der Waals surface area contributed by atoms with Gasteiger partial charge in [0.05, 0.1) is 22.9 Å². The molecule has 1 amide bonds. The van der Waals surface area contributed by atoms with E-state index in [2.05, 4.69) is 20.3 Å². The molecule has 0 spiro atoms. The fourth-order valence-corrected chi connectivity index (χ4v) is 1.87. The molecule has 0 saturated heterocycles. The number of rotatable bonds is 3. The van der Waals surface area contributed by atoms with Crippen LogP contribution in [-0.2, 0) is 6.54 Å². The van der Waals surface area contributed by atoms with Crippen molar-refractivity contribution in [3.8, 4) is 0 Å². The number of imidazole rings is 1. The normalized spacial score (nSPS) is 10.0. The Morgan fingerprint density at radius 2 is 2.20 bits per heavy atom. The van der Waals surface area contributed by atoms with Crippen molar-refractivity contribution in [2.75, 3.05) is 0 Å². The smallest absolute Gasteiger partial charge is 0.253 e. The third kappa shape index (κ3) is 2.95. The number of aromatic nitrogens is 3. The molecule has 2 heterocycles. The van der Waals surface area contributed by atoms with E-state index in [1.54, 1.807) is 30.9 Å². The highest BCUT2D eigenvalue weighted by atomic mass is 35.5. The largest absolute Gasteiger partial charge is 0.348 e. The third-order valence-corrected chi connectivity index (χ3v) is 2.86. The molecule has 0 aliphatic rings. The van der Waals surface area contributed by atoms with Gasteiger partial charge in [-0.25, -0.2) is 4.98 Å². The second kappa shape index (κ2) is 6.16. The van der Waals surface area contributed by atoms with Gasteiger partial charge in [0.1, 0.15) is 0 Å². The molecule has 0 fully saturated rings. The number of halogens is 1. The van der Waals surface area contributed by atoms with Crippen molar-refractivity contribution in [3.05, 3.63) is 60.2 Å². The van der Waals surface area contributed by atoms with Crippen LogP contribution in [0.2, 0.25) is 0 Å². The molecule has 0 aliphatic heterocycles. The Bertz CT molecular complexity index is 711. The van der Waals surface area contributed by atoms with E-state index in [4.69, 9.17) is 0 Å². The van der Waals surface area contributed by atoms with Gasteiger partial charge in [0, 0.05) is 18.9 Å². The van der Waals surface area contributed by atoms with Gasteiger partial charge in [0.15, 0.2) is 0 Å². The van der Waals surface area contributed by atoms with Crippen molar-refractivity contribution in [1.29, 1.82) is 0 Å². The van der Waals surface area contributed by atoms with Crippen LogP contribution < -0.4 is 5.32 Å². The summed E-state index contributed by atoms with van der Waals surface area (Å²) in [6, 6.07) is 9.34. The fourth-order valence-electron chi connectivity index (χ4n) is 1.87. The van der Waals surface area contributed by atoms with E-state index in [0.29, 0.717) is 12.1 Å². The Morgan fingerprint density at radius 3 is 3.00 bits per heavy atom. The molecule has 0 bridgehead atoms. The molecule has 0 aliphatic carbocycles. The molecule has 6 heteroatoms. The SMILES string of the molecule is Cl.O=C(NCc1ccc2nc[nH]c2c1)c1cccnc1. The minimum absolute atomic E-state index is 0. The quantitative estimate of drug-likeness (QED) is 0.777. The summed E-state index contributed by atoms with van der Waals surface area (Å²) < 4.78 is 0. The lowest BCUT2D eigenvalue weighted by atomic mass is 10.2. The van der Waals surface area contributed by atoms with Crippen LogP contribution >= 0.6 is 12.4 Å². The van der Waals surface area contributed by atoms with Gasteiger partial charge in [-0.05, 0) is 29.8 Å². The van der Waals surface area contributed by atoms with Crippen LogP contribution in [0.1, 0.15) is 15.9 Å². The number of hydrogen-bond acceptors (Lipinski definition) is 3. The number of amides is 1. The molecule has 5 nitrogen and oxygen atoms in total. The van der Waals surface area contributed by atoms with E-state index < -0.39 is 0 Å². The van der Waals surface area contributed by atoms with Gasteiger partial charge in [-0.1, -0.05) is 6.07 Å². The average molecular weight is 289 g/mol. The van der Waals surface area contributed by atoms with Crippen molar-refractivity contribution >= 4 is 29.3 Å². The summed E-state index contributed by atoms with van der Waals surface area (Å²) in [5.41, 5.74) is 3.47. The van der Waals surface area contributed by atoms with Crippen LogP contribution in [0.25, 0.3) is 11.0 Å². The first-order valence-corrected chi connectivity index (χ1v) is 5.93. The van der Waals surface area contributed by atoms with E-state index in [-0.39, 0.29) is 18.3 Å². The average Bonchev–Trinajstić information content (AvgIpc) is 2.93. The summed E-state index contributed by atoms with van der Waals surface area (Å²) in [4.78, 5) is 23.0. The maximum atomic E-state index is 11.9. The van der Waals surface area contributed by atoms with Gasteiger partial charge in [-0.3, -0.25) is 9.78 Å². The number of hydrogen-bond donors (Lipinski definition) is 2. The summed E-state index contributed by atoms with van der Waals surface area (Å²) in [5.74, 6) is -0.127. The van der Waals surface area contributed by atoms with Crippen molar-refractivity contribution in [2.45, 2.75) is 6.54 Å². The van der Waals surface area contributed by atoms with Gasteiger partial charge in [0.25, 0.3) is 5.91 Å². The Hall–Kier alpha value is -2.40. The standard InChI is InChI=1S/C14H12N4O.ClH/c19-14(11-2-1-5-15-8-11)16-7-10-3-4-12-13(6-10)18-9-17-12;/h1-6,8-9H,7H2,(H,16,19)(H,17,18);1H. The Balaban J connectivity index is 0.00000147. The number of carbonyl (C=O) groups is 1. The highest BCUT2D eigenvalue weighted by Crippen LogP contribution is 2.11. The fraction of sp³-hybridized carbons (Fsp3) is 0.0714. The van der Waals surface area contributed by atoms with Crippen LogP contribution in [0, 0.1) is 0 Å². The highest BCUT2D eigenvalue weighted by molar-refractivity contribution is 5.93. The van der Waals surface area contributed by atoms with E-state index in [1.165, 1.54) is 0 Å². The topological polar surface area (TPSA) is 70.7 Å². The van der Waals surface area contributed by atoms with Gasteiger partial charge in [-0.2, -0.15) is 0 Å². The number of aromatic amines is 1. The van der Waals surface area contributed by atoms with Crippen molar-refractivity contribution in [3.63, 3.8) is 0 Å². The maximum Gasteiger partial charge on any atom is 0.253 e. The Labute approximate surface area is 121 Å². The summed E-state index contributed by atoms with van der Waals surface area (Å²) in [7, 11) is 0. The molecular weight excluding hydrogens is 276 g/mol. The summed E-state index contributed by atoms with van der Waals surface area (Å²) >= 11 is 0. The number of benzene rings is 1. The second-order valence-corrected chi connectivity index (χ2v) is 4.18. The molecule has 20 heavy (non-hydrogen) atoms. The first-order chi connectivity index (χ1) is 9.33. The maximum absolute atomic E-state index is 11.9. The number of nitrogens with zero attached hydrogens (tertiary/aromatic N) is 2. The lowest BCUT2D eigenvalue weighted by Gasteiger charge is -2.05. The first-order valence-electron chi connectivity index (χ1n) is 5.93. The number of nitrogens with one attached hydrogen (secondary N) is 2. The number of H-pyrrole nitrogens is 1. The zero-order valence-corrected chi connectivity index (χ0v) is 11.4. The van der Waals surface area contributed by atoms with Gasteiger partial charge < -0.3 is 10.3 Å². The van der Waals surface area contributed by atoms with Gasteiger partial charge in [-0.15, -0.1) is 12.4 Å². The number of pyridine rings is 1. The minimum atomic E-state index is -0.127. The van der Waals surface area contributed by atoms with Crippen molar-refractivity contribution < 1.29 is 4.79 Å². The van der Waals surface area contributed by atoms with E-state index in [0.717, 1.165) is 16.6 Å². The lowest BCUT2D eigenvalue weighted by molar-refractivity contribution is 0.0950. The number of carbonyl (C=O) groups excluding carboxylic acids is 1. The minimum Gasteiger partial charge on any atom is -0.348 e. The second-order valence-electron chi connectivity index (χ2n) is 4.18. The van der Waals surface area contributed by atoms with E-state index >= 15 is 0 Å². The lowest BCUT2D eigenvalue weighted by Crippen LogP contribution is -2.22. The van der Waals surface area contributed by atoms with Crippen LogP contribution in [0.4, 0.5) is 0 Å². The molecule has 3 rings (SSSR count).